The number of ether oxygens (including phenoxy) is 1. The van der Waals surface area contributed by atoms with Crippen molar-refractivity contribution in [3.63, 3.8) is 0 Å². The lowest BCUT2D eigenvalue weighted by Crippen LogP contribution is -2.58. The molecule has 0 heterocycles. The van der Waals surface area contributed by atoms with Crippen LogP contribution in [-0.2, 0) is 20.7 Å². The van der Waals surface area contributed by atoms with E-state index in [4.69, 9.17) is 4.74 Å². The number of carboxylic acids is 1. The van der Waals surface area contributed by atoms with Crippen LogP contribution in [0.1, 0.15) is 40.2 Å². The minimum atomic E-state index is -1.35. The SMILES string of the molecule is CC(C)(C)OC(=O)NC(C)(C)C(=O)N[C@H](Cc1ccc(-c2ccccc2)cc1)C(=O)O. The third-order valence-electron chi connectivity index (χ3n) is 4.49. The Labute approximate surface area is 182 Å². The minimum absolute atomic E-state index is 0.110. The van der Waals surface area contributed by atoms with Crippen LogP contribution < -0.4 is 10.6 Å². The Balaban J connectivity index is 2.04. The summed E-state index contributed by atoms with van der Waals surface area (Å²) < 4.78 is 5.17. The van der Waals surface area contributed by atoms with Gasteiger partial charge in [0.05, 0.1) is 0 Å². The molecule has 0 aromatic heterocycles. The van der Waals surface area contributed by atoms with Crippen LogP contribution in [0, 0.1) is 0 Å². The van der Waals surface area contributed by atoms with Gasteiger partial charge in [-0.15, -0.1) is 0 Å². The smallest absolute Gasteiger partial charge is 0.408 e. The van der Waals surface area contributed by atoms with Crippen LogP contribution in [0.2, 0.25) is 0 Å². The Morgan fingerprint density at radius 3 is 1.97 bits per heavy atom. The zero-order chi connectivity index (χ0) is 23.2. The van der Waals surface area contributed by atoms with E-state index in [1.54, 1.807) is 20.8 Å². The minimum Gasteiger partial charge on any atom is -0.480 e. The molecule has 3 N–H and O–H groups in total. The number of aliphatic carboxylic acids is 1. The Bertz CT molecular complexity index is 915. The number of benzene rings is 2. The molecule has 0 aliphatic heterocycles. The first kappa shape index (κ1) is 23.9. The third-order valence-corrected chi connectivity index (χ3v) is 4.49. The number of carboxylic acid groups (broad SMARTS) is 1. The van der Waals surface area contributed by atoms with E-state index in [-0.39, 0.29) is 6.42 Å². The highest BCUT2D eigenvalue weighted by atomic mass is 16.6. The summed E-state index contributed by atoms with van der Waals surface area (Å²) in [6.07, 6.45) is -0.644. The first-order valence-corrected chi connectivity index (χ1v) is 10.1. The van der Waals surface area contributed by atoms with Gasteiger partial charge in [-0.05, 0) is 51.3 Å². The average molecular weight is 427 g/mol. The van der Waals surface area contributed by atoms with Crippen molar-refractivity contribution in [3.8, 4) is 11.1 Å². The Morgan fingerprint density at radius 2 is 1.45 bits per heavy atom. The van der Waals surface area contributed by atoms with Gasteiger partial charge in [0.25, 0.3) is 0 Å². The summed E-state index contributed by atoms with van der Waals surface area (Å²) in [7, 11) is 0. The van der Waals surface area contributed by atoms with Crippen LogP contribution in [0.5, 0.6) is 0 Å². The predicted octanol–water partition coefficient (Wildman–Crippen LogP) is 3.77. The highest BCUT2D eigenvalue weighted by Gasteiger charge is 2.34. The van der Waals surface area contributed by atoms with Crippen LogP contribution in [0.3, 0.4) is 0 Å². The first-order chi connectivity index (χ1) is 14.4. The monoisotopic (exact) mass is 426 g/mol. The molecule has 7 nitrogen and oxygen atoms in total. The summed E-state index contributed by atoms with van der Waals surface area (Å²) in [5.74, 6) is -1.78. The third kappa shape index (κ3) is 7.44. The van der Waals surface area contributed by atoms with Crippen molar-refractivity contribution in [2.24, 2.45) is 0 Å². The molecule has 0 spiro atoms. The molecule has 0 unspecified atom stereocenters. The number of carbonyl (C=O) groups is 3. The summed E-state index contributed by atoms with van der Waals surface area (Å²) in [5.41, 5.74) is 0.777. The first-order valence-electron chi connectivity index (χ1n) is 10.1. The topological polar surface area (TPSA) is 105 Å². The standard InChI is InChI=1S/C24H30N2O5/c1-23(2,3)31-22(30)26-24(4,5)21(29)25-19(20(27)28)15-16-11-13-18(14-12-16)17-9-7-6-8-10-17/h6-14,19H,15H2,1-5H3,(H,25,29)(H,26,30)(H,27,28)/t19-/m1/s1. The van der Waals surface area contributed by atoms with Crippen LogP contribution in [-0.4, -0.2) is 40.3 Å². The van der Waals surface area contributed by atoms with Gasteiger partial charge in [-0.25, -0.2) is 9.59 Å². The zero-order valence-corrected chi connectivity index (χ0v) is 18.6. The molecule has 0 fully saturated rings. The van der Waals surface area contributed by atoms with Crippen LogP contribution >= 0.6 is 0 Å². The second-order valence-corrected chi connectivity index (χ2v) is 8.88. The molecule has 2 aromatic rings. The molecular formula is C24H30N2O5. The van der Waals surface area contributed by atoms with E-state index in [0.29, 0.717) is 0 Å². The average Bonchev–Trinajstić information content (AvgIpc) is 2.66. The molecule has 0 radical (unpaired) electrons. The van der Waals surface area contributed by atoms with Gasteiger partial charge >= 0.3 is 12.1 Å². The summed E-state index contributed by atoms with van der Waals surface area (Å²) >= 11 is 0. The molecule has 0 saturated carbocycles. The van der Waals surface area contributed by atoms with Crippen molar-refractivity contribution in [1.29, 1.82) is 0 Å². The fraction of sp³-hybridized carbons (Fsp3) is 0.375. The van der Waals surface area contributed by atoms with Crippen molar-refractivity contribution in [2.45, 2.75) is 58.2 Å². The number of carbonyl (C=O) groups excluding carboxylic acids is 2. The lowest BCUT2D eigenvalue weighted by molar-refractivity contribution is -0.142. The maximum Gasteiger partial charge on any atom is 0.408 e. The second kappa shape index (κ2) is 9.64. The second-order valence-electron chi connectivity index (χ2n) is 8.88. The molecule has 1 atom stereocenters. The van der Waals surface area contributed by atoms with Crippen molar-refractivity contribution in [1.82, 2.24) is 10.6 Å². The Hall–Kier alpha value is -3.35. The summed E-state index contributed by atoms with van der Waals surface area (Å²) in [5, 5.41) is 14.6. The lowest BCUT2D eigenvalue weighted by atomic mass is 9.99. The molecule has 0 bridgehead atoms. The van der Waals surface area contributed by atoms with Gasteiger partial charge in [-0.3, -0.25) is 4.79 Å². The van der Waals surface area contributed by atoms with Crippen LogP contribution in [0.25, 0.3) is 11.1 Å². The van der Waals surface area contributed by atoms with Gasteiger partial charge in [0, 0.05) is 6.42 Å². The van der Waals surface area contributed by atoms with Gasteiger partial charge in [0.15, 0.2) is 0 Å². The highest BCUT2D eigenvalue weighted by Crippen LogP contribution is 2.20. The number of amides is 2. The summed E-state index contributed by atoms with van der Waals surface area (Å²) in [6.45, 7) is 8.11. The molecule has 0 aliphatic rings. The predicted molar refractivity (Wildman–Crippen MR) is 119 cm³/mol. The molecule has 31 heavy (non-hydrogen) atoms. The number of rotatable bonds is 7. The van der Waals surface area contributed by atoms with Crippen LogP contribution in [0.4, 0.5) is 4.79 Å². The maximum absolute atomic E-state index is 12.7. The number of alkyl carbamates (subject to hydrolysis) is 1. The van der Waals surface area contributed by atoms with E-state index in [9.17, 15) is 19.5 Å². The number of nitrogens with one attached hydrogen (secondary N) is 2. The van der Waals surface area contributed by atoms with E-state index in [2.05, 4.69) is 10.6 Å². The number of hydrogen-bond acceptors (Lipinski definition) is 4. The van der Waals surface area contributed by atoms with Gasteiger partial charge in [0.1, 0.15) is 17.2 Å². The van der Waals surface area contributed by atoms with E-state index >= 15 is 0 Å². The molecular weight excluding hydrogens is 396 g/mol. The molecule has 2 amide bonds. The van der Waals surface area contributed by atoms with Gasteiger partial charge in [0.2, 0.25) is 5.91 Å². The molecule has 166 valence electrons. The highest BCUT2D eigenvalue weighted by molar-refractivity contribution is 5.92. The zero-order valence-electron chi connectivity index (χ0n) is 18.6. The van der Waals surface area contributed by atoms with E-state index in [1.165, 1.54) is 13.8 Å². The van der Waals surface area contributed by atoms with E-state index < -0.39 is 35.2 Å². The molecule has 7 heteroatoms. The van der Waals surface area contributed by atoms with E-state index in [1.807, 2.05) is 54.6 Å². The Morgan fingerprint density at radius 1 is 0.903 bits per heavy atom. The molecule has 2 aromatic carbocycles. The van der Waals surface area contributed by atoms with Crippen molar-refractivity contribution < 1.29 is 24.2 Å². The van der Waals surface area contributed by atoms with Gasteiger partial charge < -0.3 is 20.5 Å². The normalized spacial score (nSPS) is 12.5. The summed E-state index contributed by atoms with van der Waals surface area (Å²) in [4.78, 5) is 36.4. The maximum atomic E-state index is 12.7. The lowest BCUT2D eigenvalue weighted by Gasteiger charge is -2.29. The van der Waals surface area contributed by atoms with Gasteiger partial charge in [-0.1, -0.05) is 54.6 Å². The van der Waals surface area contributed by atoms with Crippen LogP contribution in [0.15, 0.2) is 54.6 Å². The largest absolute Gasteiger partial charge is 0.480 e. The summed E-state index contributed by atoms with van der Waals surface area (Å²) in [6, 6.07) is 16.2. The Kier molecular flexibility index (Phi) is 7.44. The fourth-order valence-electron chi connectivity index (χ4n) is 2.85. The van der Waals surface area contributed by atoms with E-state index in [0.717, 1.165) is 16.7 Å². The van der Waals surface area contributed by atoms with Crippen molar-refractivity contribution in [2.75, 3.05) is 0 Å². The number of hydrogen-bond donors (Lipinski definition) is 3. The molecule has 0 saturated heterocycles. The fourth-order valence-corrected chi connectivity index (χ4v) is 2.85. The quantitative estimate of drug-likeness (QED) is 0.625. The van der Waals surface area contributed by atoms with Crippen molar-refractivity contribution >= 4 is 18.0 Å². The molecule has 2 rings (SSSR count). The van der Waals surface area contributed by atoms with Gasteiger partial charge in [-0.2, -0.15) is 0 Å². The molecule has 0 aliphatic carbocycles. The van der Waals surface area contributed by atoms with Crippen molar-refractivity contribution in [3.05, 3.63) is 60.2 Å².